The Morgan fingerprint density at radius 2 is 1.73 bits per heavy atom. The highest BCUT2D eigenvalue weighted by molar-refractivity contribution is 5.83. The van der Waals surface area contributed by atoms with E-state index in [1.165, 1.54) is 5.56 Å². The van der Waals surface area contributed by atoms with Gasteiger partial charge >= 0.3 is 5.97 Å². The Bertz CT molecular complexity index is 982. The number of furan rings is 1. The van der Waals surface area contributed by atoms with Crippen LogP contribution in [0.15, 0.2) is 46.9 Å². The number of hydrogen-bond acceptors (Lipinski definition) is 3. The SMILES string of the molecule is CCOC(=O)CCc1oc2ccc(C#Cc3ccc(C)cc3)cc2c1C. The van der Waals surface area contributed by atoms with Crippen molar-refractivity contribution in [3.05, 3.63) is 70.5 Å². The van der Waals surface area contributed by atoms with Gasteiger partial charge in [-0.15, -0.1) is 0 Å². The number of esters is 1. The average Bonchev–Trinajstić information content (AvgIpc) is 2.95. The second-order valence-corrected chi connectivity index (χ2v) is 6.28. The summed E-state index contributed by atoms with van der Waals surface area (Å²) in [6.45, 7) is 6.29. The van der Waals surface area contributed by atoms with Crippen LogP contribution >= 0.6 is 0 Å². The summed E-state index contributed by atoms with van der Waals surface area (Å²) in [5, 5.41) is 1.04. The Kier molecular flexibility index (Phi) is 5.43. The third-order valence-electron chi connectivity index (χ3n) is 4.30. The first-order chi connectivity index (χ1) is 12.6. The largest absolute Gasteiger partial charge is 0.466 e. The van der Waals surface area contributed by atoms with Crippen molar-refractivity contribution in [1.82, 2.24) is 0 Å². The molecule has 0 spiro atoms. The van der Waals surface area contributed by atoms with E-state index in [2.05, 4.69) is 30.9 Å². The van der Waals surface area contributed by atoms with Crippen LogP contribution in [0.25, 0.3) is 11.0 Å². The second-order valence-electron chi connectivity index (χ2n) is 6.28. The summed E-state index contributed by atoms with van der Waals surface area (Å²) in [7, 11) is 0. The van der Waals surface area contributed by atoms with Crippen LogP contribution in [0.3, 0.4) is 0 Å². The van der Waals surface area contributed by atoms with Crippen LogP contribution in [-0.2, 0) is 16.0 Å². The predicted octanol–water partition coefficient (Wildman–Crippen LogP) is 4.95. The number of hydrogen-bond donors (Lipinski definition) is 0. The maximum absolute atomic E-state index is 11.6. The van der Waals surface area contributed by atoms with E-state index < -0.39 is 0 Å². The Hall–Kier alpha value is -2.99. The number of carbonyl (C=O) groups excluding carboxylic acids is 1. The monoisotopic (exact) mass is 346 g/mol. The van der Waals surface area contributed by atoms with E-state index in [1.807, 2.05) is 44.2 Å². The lowest BCUT2D eigenvalue weighted by molar-refractivity contribution is -0.143. The Morgan fingerprint density at radius 3 is 2.46 bits per heavy atom. The molecule has 0 unspecified atom stereocenters. The minimum absolute atomic E-state index is 0.197. The molecule has 0 aliphatic heterocycles. The van der Waals surface area contributed by atoms with Gasteiger partial charge in [0.2, 0.25) is 0 Å². The summed E-state index contributed by atoms with van der Waals surface area (Å²) in [4.78, 5) is 11.6. The molecule has 132 valence electrons. The summed E-state index contributed by atoms with van der Waals surface area (Å²) in [6, 6.07) is 14.1. The number of benzene rings is 2. The topological polar surface area (TPSA) is 39.4 Å². The highest BCUT2D eigenvalue weighted by atomic mass is 16.5. The van der Waals surface area contributed by atoms with Crippen LogP contribution in [0.1, 0.15) is 41.4 Å². The maximum atomic E-state index is 11.6. The van der Waals surface area contributed by atoms with E-state index >= 15 is 0 Å². The summed E-state index contributed by atoms with van der Waals surface area (Å²) in [6.07, 6.45) is 0.873. The Morgan fingerprint density at radius 1 is 1.04 bits per heavy atom. The van der Waals surface area contributed by atoms with E-state index in [-0.39, 0.29) is 5.97 Å². The molecule has 2 aromatic carbocycles. The van der Waals surface area contributed by atoms with Gasteiger partial charge in [0.1, 0.15) is 11.3 Å². The fraction of sp³-hybridized carbons (Fsp3) is 0.261. The van der Waals surface area contributed by atoms with Crippen molar-refractivity contribution in [2.75, 3.05) is 6.61 Å². The molecule has 0 radical (unpaired) electrons. The molecule has 0 atom stereocenters. The molecule has 3 heteroatoms. The van der Waals surface area contributed by atoms with Gasteiger partial charge in [-0.25, -0.2) is 0 Å². The molecule has 1 aromatic heterocycles. The summed E-state index contributed by atoms with van der Waals surface area (Å²) >= 11 is 0. The molecule has 0 aliphatic carbocycles. The van der Waals surface area contributed by atoms with E-state index in [0.29, 0.717) is 19.4 Å². The van der Waals surface area contributed by atoms with Crippen LogP contribution < -0.4 is 0 Å². The van der Waals surface area contributed by atoms with E-state index in [4.69, 9.17) is 9.15 Å². The fourth-order valence-corrected chi connectivity index (χ4v) is 2.82. The second kappa shape index (κ2) is 7.93. The molecule has 0 saturated heterocycles. The van der Waals surface area contributed by atoms with E-state index in [9.17, 15) is 4.79 Å². The molecule has 0 amide bonds. The van der Waals surface area contributed by atoms with Crippen LogP contribution in [-0.4, -0.2) is 12.6 Å². The summed E-state index contributed by atoms with van der Waals surface area (Å²) in [5.74, 6) is 7.03. The smallest absolute Gasteiger partial charge is 0.306 e. The quantitative estimate of drug-likeness (QED) is 0.496. The summed E-state index contributed by atoms with van der Waals surface area (Å²) in [5.41, 5.74) is 5.04. The van der Waals surface area contributed by atoms with Gasteiger partial charge < -0.3 is 9.15 Å². The molecule has 0 bridgehead atoms. The molecular formula is C23H22O3. The fourth-order valence-electron chi connectivity index (χ4n) is 2.82. The molecule has 26 heavy (non-hydrogen) atoms. The summed E-state index contributed by atoms with van der Waals surface area (Å²) < 4.78 is 10.9. The highest BCUT2D eigenvalue weighted by Gasteiger charge is 2.12. The maximum Gasteiger partial charge on any atom is 0.306 e. The van der Waals surface area contributed by atoms with Crippen LogP contribution in [0.2, 0.25) is 0 Å². The van der Waals surface area contributed by atoms with Gasteiger partial charge in [-0.1, -0.05) is 29.5 Å². The van der Waals surface area contributed by atoms with E-state index in [1.54, 1.807) is 0 Å². The third-order valence-corrected chi connectivity index (χ3v) is 4.30. The number of rotatable bonds is 4. The first kappa shape index (κ1) is 17.8. The lowest BCUT2D eigenvalue weighted by atomic mass is 10.1. The normalized spacial score (nSPS) is 10.4. The molecule has 3 aromatic rings. The lowest BCUT2D eigenvalue weighted by Crippen LogP contribution is -2.05. The number of aryl methyl sites for hydroxylation is 3. The molecule has 0 saturated carbocycles. The van der Waals surface area contributed by atoms with Gasteiger partial charge in [-0.05, 0) is 56.7 Å². The number of ether oxygens (including phenoxy) is 1. The lowest BCUT2D eigenvalue weighted by Gasteiger charge is -2.00. The van der Waals surface area contributed by atoms with E-state index in [0.717, 1.165) is 33.4 Å². The zero-order valence-electron chi connectivity index (χ0n) is 15.4. The first-order valence-corrected chi connectivity index (χ1v) is 8.83. The highest BCUT2D eigenvalue weighted by Crippen LogP contribution is 2.27. The van der Waals surface area contributed by atoms with Crippen LogP contribution in [0, 0.1) is 25.7 Å². The molecule has 0 aliphatic rings. The van der Waals surface area contributed by atoms with Crippen LogP contribution in [0.4, 0.5) is 0 Å². The van der Waals surface area contributed by atoms with Crippen molar-refractivity contribution < 1.29 is 13.9 Å². The predicted molar refractivity (Wildman–Crippen MR) is 103 cm³/mol. The van der Waals surface area contributed by atoms with Gasteiger partial charge in [0.25, 0.3) is 0 Å². The Labute approximate surface area is 154 Å². The Balaban J connectivity index is 1.81. The standard InChI is InChI=1S/C23H22O3/c1-4-25-23(24)14-13-21-17(3)20-15-19(11-12-22(20)26-21)10-9-18-7-5-16(2)6-8-18/h5-8,11-12,15H,4,13-14H2,1-3H3. The van der Waals surface area contributed by atoms with Gasteiger partial charge in [0.05, 0.1) is 13.0 Å². The van der Waals surface area contributed by atoms with Gasteiger partial charge in [-0.3, -0.25) is 4.79 Å². The van der Waals surface area contributed by atoms with Gasteiger partial charge in [0, 0.05) is 22.9 Å². The molecule has 0 fully saturated rings. The third kappa shape index (κ3) is 4.15. The average molecular weight is 346 g/mol. The van der Waals surface area contributed by atoms with Crippen molar-refractivity contribution in [2.24, 2.45) is 0 Å². The first-order valence-electron chi connectivity index (χ1n) is 8.83. The van der Waals surface area contributed by atoms with Crippen molar-refractivity contribution in [1.29, 1.82) is 0 Å². The van der Waals surface area contributed by atoms with Gasteiger partial charge in [0.15, 0.2) is 0 Å². The molecule has 0 N–H and O–H groups in total. The molecular weight excluding hydrogens is 324 g/mol. The van der Waals surface area contributed by atoms with Crippen molar-refractivity contribution in [3.8, 4) is 11.8 Å². The zero-order valence-corrected chi connectivity index (χ0v) is 15.4. The molecule has 1 heterocycles. The molecule has 3 nitrogen and oxygen atoms in total. The van der Waals surface area contributed by atoms with Crippen LogP contribution in [0.5, 0.6) is 0 Å². The minimum atomic E-state index is -0.197. The zero-order chi connectivity index (χ0) is 18.5. The molecule has 3 rings (SSSR count). The van der Waals surface area contributed by atoms with Gasteiger partial charge in [-0.2, -0.15) is 0 Å². The van der Waals surface area contributed by atoms with Crippen molar-refractivity contribution >= 4 is 16.9 Å². The minimum Gasteiger partial charge on any atom is -0.466 e. The number of fused-ring (bicyclic) bond motifs is 1. The van der Waals surface area contributed by atoms with Crippen molar-refractivity contribution in [3.63, 3.8) is 0 Å². The van der Waals surface area contributed by atoms with Crippen molar-refractivity contribution in [2.45, 2.75) is 33.6 Å². The number of carbonyl (C=O) groups is 1.